The van der Waals surface area contributed by atoms with Gasteiger partial charge in [0.05, 0.1) is 0 Å². The fraction of sp³-hybridized carbons (Fsp3) is 0.143. The molecule has 2 N–H and O–H groups in total. The molecule has 0 saturated heterocycles. The molecule has 0 aromatic rings. The van der Waals surface area contributed by atoms with E-state index >= 15 is 0 Å². The highest BCUT2D eigenvalue weighted by Crippen LogP contribution is 2.09. The van der Waals surface area contributed by atoms with Gasteiger partial charge in [-0.25, -0.2) is 0 Å². The molecule has 0 aromatic heterocycles. The van der Waals surface area contributed by atoms with Gasteiger partial charge in [0.25, 0.3) is 0 Å². The van der Waals surface area contributed by atoms with Crippen LogP contribution in [0.5, 0.6) is 0 Å². The molecule has 50 valence electrons. The quantitative estimate of drug-likeness (QED) is 0.607. The first-order chi connectivity index (χ1) is 4.16. The number of nitrogens with two attached hydrogens (primary N) is 1. The first-order valence-electron chi connectivity index (χ1n) is 2.52. The average Bonchev–Trinajstić information content (AvgIpc) is 1.83. The predicted octanol–water partition coefficient (Wildman–Crippen LogP) is 1.89. The molecule has 0 rings (SSSR count). The van der Waals surface area contributed by atoms with Crippen LogP contribution in [0.4, 0.5) is 0 Å². The maximum atomic E-state index is 5.26. The summed E-state index contributed by atoms with van der Waals surface area (Å²) in [6.45, 7) is 7.23. The Balaban J connectivity index is 3.71. The van der Waals surface area contributed by atoms with Crippen LogP contribution in [0.25, 0.3) is 0 Å². The zero-order valence-electron chi connectivity index (χ0n) is 5.55. The van der Waals surface area contributed by atoms with E-state index < -0.39 is 0 Å². The van der Waals surface area contributed by atoms with Crippen molar-refractivity contribution >= 4 is 11.8 Å². The molecular weight excluding hydrogens is 130 g/mol. The summed E-state index contributed by atoms with van der Waals surface area (Å²) in [4.78, 5) is 0.988. The second-order valence-corrected chi connectivity index (χ2v) is 2.51. The van der Waals surface area contributed by atoms with Gasteiger partial charge in [0.2, 0.25) is 0 Å². The van der Waals surface area contributed by atoms with E-state index in [0.717, 1.165) is 4.91 Å². The zero-order chi connectivity index (χ0) is 7.28. The van der Waals surface area contributed by atoms with Crippen LogP contribution in [0.15, 0.2) is 35.9 Å². The summed E-state index contributed by atoms with van der Waals surface area (Å²) in [5, 5.41) is 0. The number of hydrogen-bond acceptors (Lipinski definition) is 2. The zero-order valence-corrected chi connectivity index (χ0v) is 6.37. The summed E-state index contributed by atoms with van der Waals surface area (Å²) < 4.78 is 0. The highest BCUT2D eigenvalue weighted by Gasteiger charge is 1.80. The van der Waals surface area contributed by atoms with E-state index in [2.05, 4.69) is 13.2 Å². The van der Waals surface area contributed by atoms with Crippen molar-refractivity contribution in [2.75, 3.05) is 6.26 Å². The van der Waals surface area contributed by atoms with Crippen molar-refractivity contribution < 1.29 is 0 Å². The largest absolute Gasteiger partial charge is 0.399 e. The molecule has 0 radical (unpaired) electrons. The molecular formula is C7H11NS. The smallest absolute Gasteiger partial charge is 0.0241 e. The molecule has 0 spiro atoms. The molecule has 0 heterocycles. The predicted molar refractivity (Wildman–Crippen MR) is 45.1 cm³/mol. The molecule has 0 aliphatic rings. The average molecular weight is 141 g/mol. The maximum absolute atomic E-state index is 5.26. The molecule has 0 amide bonds. The monoisotopic (exact) mass is 141 g/mol. The Morgan fingerprint density at radius 1 is 1.44 bits per heavy atom. The molecule has 0 aliphatic carbocycles. The maximum Gasteiger partial charge on any atom is 0.0241 e. The first-order valence-corrected chi connectivity index (χ1v) is 3.74. The minimum Gasteiger partial charge on any atom is -0.399 e. The van der Waals surface area contributed by atoms with Crippen molar-refractivity contribution in [1.29, 1.82) is 0 Å². The van der Waals surface area contributed by atoms with Gasteiger partial charge in [0, 0.05) is 5.70 Å². The van der Waals surface area contributed by atoms with Gasteiger partial charge in [-0.3, -0.25) is 0 Å². The molecule has 9 heavy (non-hydrogen) atoms. The lowest BCUT2D eigenvalue weighted by molar-refractivity contribution is 1.45. The lowest BCUT2D eigenvalue weighted by Crippen LogP contribution is -1.87. The van der Waals surface area contributed by atoms with Crippen LogP contribution in [-0.4, -0.2) is 6.26 Å². The van der Waals surface area contributed by atoms with Gasteiger partial charge < -0.3 is 5.73 Å². The Kier molecular flexibility index (Phi) is 3.97. The fourth-order valence-electron chi connectivity index (χ4n) is 0.268. The van der Waals surface area contributed by atoms with Gasteiger partial charge in [-0.1, -0.05) is 13.2 Å². The van der Waals surface area contributed by atoms with E-state index in [4.69, 9.17) is 5.73 Å². The van der Waals surface area contributed by atoms with E-state index in [1.807, 2.05) is 12.3 Å². The van der Waals surface area contributed by atoms with Gasteiger partial charge in [-0.15, -0.1) is 11.8 Å². The molecule has 0 bridgehead atoms. The van der Waals surface area contributed by atoms with Crippen LogP contribution in [0, 0.1) is 0 Å². The van der Waals surface area contributed by atoms with Crippen molar-refractivity contribution in [3.63, 3.8) is 0 Å². The SMILES string of the molecule is C=C(N)/C=C\C(=C)SC. The number of allylic oxidation sites excluding steroid dienone is 2. The second-order valence-electron chi connectivity index (χ2n) is 1.58. The van der Waals surface area contributed by atoms with Crippen molar-refractivity contribution in [2.45, 2.75) is 0 Å². The summed E-state index contributed by atoms with van der Waals surface area (Å²) in [6, 6.07) is 0. The van der Waals surface area contributed by atoms with Gasteiger partial charge in [0.1, 0.15) is 0 Å². The van der Waals surface area contributed by atoms with E-state index in [1.165, 1.54) is 0 Å². The molecule has 1 nitrogen and oxygen atoms in total. The van der Waals surface area contributed by atoms with Crippen molar-refractivity contribution in [2.24, 2.45) is 5.73 Å². The lowest BCUT2D eigenvalue weighted by atomic mass is 10.4. The van der Waals surface area contributed by atoms with Crippen molar-refractivity contribution in [3.8, 4) is 0 Å². The van der Waals surface area contributed by atoms with Crippen LogP contribution in [0.3, 0.4) is 0 Å². The molecule has 0 fully saturated rings. The Labute approximate surface area is 60.3 Å². The van der Waals surface area contributed by atoms with Gasteiger partial charge in [0.15, 0.2) is 0 Å². The molecule has 0 atom stereocenters. The molecule has 0 unspecified atom stereocenters. The third-order valence-electron chi connectivity index (χ3n) is 0.745. The number of thioether (sulfide) groups is 1. The molecule has 0 aliphatic heterocycles. The topological polar surface area (TPSA) is 26.0 Å². The van der Waals surface area contributed by atoms with Crippen LogP contribution in [0.1, 0.15) is 0 Å². The lowest BCUT2D eigenvalue weighted by Gasteiger charge is -1.89. The molecule has 2 heteroatoms. The number of rotatable bonds is 3. The highest BCUT2D eigenvalue weighted by atomic mass is 32.2. The van der Waals surface area contributed by atoms with Crippen molar-refractivity contribution in [3.05, 3.63) is 35.9 Å². The Morgan fingerprint density at radius 2 is 2.00 bits per heavy atom. The molecule has 0 aromatic carbocycles. The van der Waals surface area contributed by atoms with Crippen LogP contribution in [-0.2, 0) is 0 Å². The third kappa shape index (κ3) is 5.24. The standard InChI is InChI=1S/C7H11NS/c1-6(8)4-5-7(2)9-3/h4-5H,1-2,8H2,3H3/b5-4-. The fourth-order valence-corrected chi connectivity index (χ4v) is 0.472. The minimum atomic E-state index is 0.560. The van der Waals surface area contributed by atoms with Crippen LogP contribution < -0.4 is 5.73 Å². The normalized spacial score (nSPS) is 9.89. The third-order valence-corrected chi connectivity index (χ3v) is 1.41. The Bertz CT molecular complexity index is 147. The number of hydrogen-bond donors (Lipinski definition) is 1. The van der Waals surface area contributed by atoms with Crippen LogP contribution >= 0.6 is 11.8 Å². The van der Waals surface area contributed by atoms with Crippen LogP contribution in [0.2, 0.25) is 0 Å². The summed E-state index contributed by atoms with van der Waals surface area (Å²) in [7, 11) is 0. The minimum absolute atomic E-state index is 0.560. The van der Waals surface area contributed by atoms with E-state index in [9.17, 15) is 0 Å². The van der Waals surface area contributed by atoms with E-state index in [-0.39, 0.29) is 0 Å². The highest BCUT2D eigenvalue weighted by molar-refractivity contribution is 8.02. The summed E-state index contributed by atoms with van der Waals surface area (Å²) >= 11 is 1.59. The second kappa shape index (κ2) is 4.27. The van der Waals surface area contributed by atoms with Gasteiger partial charge in [-0.05, 0) is 23.3 Å². The van der Waals surface area contributed by atoms with Crippen molar-refractivity contribution in [1.82, 2.24) is 0 Å². The Hall–Kier alpha value is -0.630. The van der Waals surface area contributed by atoms with Gasteiger partial charge in [-0.2, -0.15) is 0 Å². The molecule has 0 saturated carbocycles. The first kappa shape index (κ1) is 8.37. The summed E-state index contributed by atoms with van der Waals surface area (Å²) in [5.41, 5.74) is 5.82. The van der Waals surface area contributed by atoms with E-state index in [0.29, 0.717) is 5.70 Å². The van der Waals surface area contributed by atoms with Gasteiger partial charge >= 0.3 is 0 Å². The van der Waals surface area contributed by atoms with E-state index in [1.54, 1.807) is 17.8 Å². The summed E-state index contributed by atoms with van der Waals surface area (Å²) in [5.74, 6) is 0. The Morgan fingerprint density at radius 3 is 2.33 bits per heavy atom. The summed E-state index contributed by atoms with van der Waals surface area (Å²) in [6.07, 6.45) is 5.54.